The van der Waals surface area contributed by atoms with Crippen molar-refractivity contribution in [3.05, 3.63) is 64.7 Å². The Balaban J connectivity index is 1.51. The van der Waals surface area contributed by atoms with Crippen molar-refractivity contribution in [3.8, 4) is 0 Å². The molecule has 0 unspecified atom stereocenters. The molecule has 1 aliphatic rings. The summed E-state index contributed by atoms with van der Waals surface area (Å²) in [5, 5.41) is 3.51. The van der Waals surface area contributed by atoms with Gasteiger partial charge in [-0.25, -0.2) is 0 Å². The molecule has 3 rings (SSSR count). The van der Waals surface area contributed by atoms with Crippen molar-refractivity contribution in [1.29, 1.82) is 0 Å². The summed E-state index contributed by atoms with van der Waals surface area (Å²) in [6.45, 7) is 4.26. The molecule has 2 aromatic carbocycles. The normalized spacial score (nSPS) is 15.5. The van der Waals surface area contributed by atoms with Crippen LogP contribution in [0.4, 0.5) is 5.69 Å². The van der Waals surface area contributed by atoms with E-state index in [0.717, 1.165) is 31.7 Å². The molecule has 2 aromatic rings. The van der Waals surface area contributed by atoms with Crippen LogP contribution in [0.2, 0.25) is 5.02 Å². The van der Waals surface area contributed by atoms with Crippen LogP contribution in [0.25, 0.3) is 0 Å². The Bertz CT molecular complexity index is 782. The zero-order chi connectivity index (χ0) is 19.2. The third kappa shape index (κ3) is 5.89. The lowest BCUT2D eigenvalue weighted by Crippen LogP contribution is -2.46. The molecule has 0 spiro atoms. The van der Waals surface area contributed by atoms with E-state index in [9.17, 15) is 9.59 Å². The number of piperazine rings is 1. The van der Waals surface area contributed by atoms with Gasteiger partial charge in [0, 0.05) is 42.5 Å². The fraction of sp³-hybridized carbons (Fsp3) is 0.333. The number of amides is 1. The Kier molecular flexibility index (Phi) is 6.61. The molecule has 6 heteroatoms. The molecule has 1 saturated heterocycles. The van der Waals surface area contributed by atoms with Crippen LogP contribution >= 0.6 is 11.6 Å². The predicted molar refractivity (Wildman–Crippen MR) is 108 cm³/mol. The number of nitrogens with one attached hydrogen (secondary N) is 1. The number of likely N-dealkylation sites (N-methyl/N-ethyl adjacent to an activating group) is 1. The number of carbonyl (C=O) groups excluding carboxylic acids is 2. The van der Waals surface area contributed by atoms with Gasteiger partial charge in [0.15, 0.2) is 5.78 Å². The molecule has 0 saturated carbocycles. The van der Waals surface area contributed by atoms with Crippen molar-refractivity contribution in [2.75, 3.05) is 45.1 Å². The molecular weight excluding hydrogens is 362 g/mol. The number of ketones is 1. The minimum atomic E-state index is -0.103. The van der Waals surface area contributed by atoms with E-state index < -0.39 is 0 Å². The van der Waals surface area contributed by atoms with E-state index >= 15 is 0 Å². The maximum Gasteiger partial charge on any atom is 0.228 e. The second-order valence-corrected chi connectivity index (χ2v) is 7.37. The van der Waals surface area contributed by atoms with Crippen LogP contribution in [0.5, 0.6) is 0 Å². The average Bonchev–Trinajstić information content (AvgIpc) is 2.66. The zero-order valence-corrected chi connectivity index (χ0v) is 16.2. The fourth-order valence-electron chi connectivity index (χ4n) is 3.03. The zero-order valence-electron chi connectivity index (χ0n) is 15.5. The topological polar surface area (TPSA) is 52.6 Å². The van der Waals surface area contributed by atoms with Gasteiger partial charge in [0.1, 0.15) is 0 Å². The first kappa shape index (κ1) is 19.5. The molecule has 5 nitrogen and oxygen atoms in total. The van der Waals surface area contributed by atoms with E-state index in [2.05, 4.69) is 22.2 Å². The molecule has 1 heterocycles. The first-order chi connectivity index (χ1) is 13.0. The first-order valence-corrected chi connectivity index (χ1v) is 9.46. The first-order valence-electron chi connectivity index (χ1n) is 9.08. The SMILES string of the molecule is CN1CCN(CC(=O)c2ccc(NC(=O)Cc3ccc(Cl)cc3)cc2)CC1. The Labute approximate surface area is 164 Å². The molecule has 1 aliphatic heterocycles. The van der Waals surface area contributed by atoms with E-state index in [1.54, 1.807) is 36.4 Å². The van der Waals surface area contributed by atoms with Crippen molar-refractivity contribution < 1.29 is 9.59 Å². The van der Waals surface area contributed by atoms with Crippen LogP contribution in [0.1, 0.15) is 15.9 Å². The van der Waals surface area contributed by atoms with Gasteiger partial charge in [0.05, 0.1) is 13.0 Å². The van der Waals surface area contributed by atoms with E-state index in [1.807, 2.05) is 12.1 Å². The highest BCUT2D eigenvalue weighted by Crippen LogP contribution is 2.13. The summed E-state index contributed by atoms with van der Waals surface area (Å²) < 4.78 is 0. The number of carbonyl (C=O) groups is 2. The number of nitrogens with zero attached hydrogens (tertiary/aromatic N) is 2. The standard InChI is InChI=1S/C21H24ClN3O2/c1-24-10-12-25(13-11-24)15-20(26)17-4-8-19(9-5-17)23-21(27)14-16-2-6-18(22)7-3-16/h2-9H,10-15H2,1H3,(H,23,27). The second-order valence-electron chi connectivity index (χ2n) is 6.93. The Morgan fingerprint density at radius 1 is 0.963 bits per heavy atom. The lowest BCUT2D eigenvalue weighted by molar-refractivity contribution is -0.115. The number of halogens is 1. The van der Waals surface area contributed by atoms with E-state index in [4.69, 9.17) is 11.6 Å². The third-order valence-corrected chi connectivity index (χ3v) is 4.98. The van der Waals surface area contributed by atoms with Crippen LogP contribution in [0.3, 0.4) is 0 Å². The largest absolute Gasteiger partial charge is 0.326 e. The highest BCUT2D eigenvalue weighted by molar-refractivity contribution is 6.30. The minimum Gasteiger partial charge on any atom is -0.326 e. The van der Waals surface area contributed by atoms with Crippen LogP contribution in [0.15, 0.2) is 48.5 Å². The molecule has 0 aliphatic carbocycles. The highest BCUT2D eigenvalue weighted by Gasteiger charge is 2.17. The van der Waals surface area contributed by atoms with Gasteiger partial charge >= 0.3 is 0 Å². The number of anilines is 1. The van der Waals surface area contributed by atoms with Crippen molar-refractivity contribution in [2.45, 2.75) is 6.42 Å². The predicted octanol–water partition coefficient (Wildman–Crippen LogP) is 2.95. The van der Waals surface area contributed by atoms with Crippen LogP contribution in [0, 0.1) is 0 Å². The average molecular weight is 386 g/mol. The second kappa shape index (κ2) is 9.13. The smallest absolute Gasteiger partial charge is 0.228 e. The lowest BCUT2D eigenvalue weighted by atomic mass is 10.1. The molecule has 0 bridgehead atoms. The van der Waals surface area contributed by atoms with Crippen molar-refractivity contribution in [2.24, 2.45) is 0 Å². The number of hydrogen-bond donors (Lipinski definition) is 1. The van der Waals surface area contributed by atoms with E-state index in [1.165, 1.54) is 0 Å². The number of rotatable bonds is 6. The van der Waals surface area contributed by atoms with Crippen molar-refractivity contribution in [1.82, 2.24) is 9.80 Å². The molecule has 0 radical (unpaired) electrons. The summed E-state index contributed by atoms with van der Waals surface area (Å²) in [5.74, 6) is 0.00688. The molecular formula is C21H24ClN3O2. The van der Waals surface area contributed by atoms with Gasteiger partial charge in [-0.15, -0.1) is 0 Å². The lowest BCUT2D eigenvalue weighted by Gasteiger charge is -2.31. The van der Waals surface area contributed by atoms with Crippen LogP contribution < -0.4 is 5.32 Å². The van der Waals surface area contributed by atoms with Gasteiger partial charge in [-0.2, -0.15) is 0 Å². The molecule has 0 aromatic heterocycles. The van der Waals surface area contributed by atoms with Gasteiger partial charge in [-0.05, 0) is 49.0 Å². The van der Waals surface area contributed by atoms with E-state index in [0.29, 0.717) is 22.8 Å². The summed E-state index contributed by atoms with van der Waals surface area (Å²) in [7, 11) is 2.10. The number of Topliss-reactive ketones (excluding diaryl/α,β-unsaturated/α-hetero) is 1. The van der Waals surface area contributed by atoms with Gasteiger partial charge in [-0.1, -0.05) is 23.7 Å². The maximum atomic E-state index is 12.4. The number of benzene rings is 2. The van der Waals surface area contributed by atoms with Crippen LogP contribution in [-0.4, -0.2) is 61.3 Å². The molecule has 1 amide bonds. The highest BCUT2D eigenvalue weighted by atomic mass is 35.5. The fourth-order valence-corrected chi connectivity index (χ4v) is 3.16. The molecule has 1 fully saturated rings. The molecule has 27 heavy (non-hydrogen) atoms. The summed E-state index contributed by atoms with van der Waals surface area (Å²) in [6.07, 6.45) is 0.279. The van der Waals surface area contributed by atoms with Gasteiger partial charge < -0.3 is 10.2 Å². The molecule has 1 N–H and O–H groups in total. The van der Waals surface area contributed by atoms with Gasteiger partial charge in [0.2, 0.25) is 5.91 Å². The minimum absolute atomic E-state index is 0.103. The summed E-state index contributed by atoms with van der Waals surface area (Å²) in [5.41, 5.74) is 2.26. The van der Waals surface area contributed by atoms with E-state index in [-0.39, 0.29) is 18.1 Å². The summed E-state index contributed by atoms with van der Waals surface area (Å²) in [4.78, 5) is 29.0. The Hall–Kier alpha value is -2.21. The van der Waals surface area contributed by atoms with Gasteiger partial charge in [-0.3, -0.25) is 14.5 Å². The molecule has 142 valence electrons. The Morgan fingerprint density at radius 2 is 1.59 bits per heavy atom. The quantitative estimate of drug-likeness (QED) is 0.777. The van der Waals surface area contributed by atoms with Crippen molar-refractivity contribution in [3.63, 3.8) is 0 Å². The monoisotopic (exact) mass is 385 g/mol. The van der Waals surface area contributed by atoms with Crippen molar-refractivity contribution >= 4 is 29.0 Å². The third-order valence-electron chi connectivity index (χ3n) is 4.73. The van der Waals surface area contributed by atoms with Crippen LogP contribution in [-0.2, 0) is 11.2 Å². The number of hydrogen-bond acceptors (Lipinski definition) is 4. The Morgan fingerprint density at radius 3 is 2.22 bits per heavy atom. The van der Waals surface area contributed by atoms with Gasteiger partial charge in [0.25, 0.3) is 0 Å². The summed E-state index contributed by atoms with van der Waals surface area (Å²) >= 11 is 5.85. The maximum absolute atomic E-state index is 12.4. The summed E-state index contributed by atoms with van der Waals surface area (Å²) in [6, 6.07) is 14.3. The molecule has 0 atom stereocenters.